The third-order valence-corrected chi connectivity index (χ3v) is 4.32. The second-order valence-corrected chi connectivity index (χ2v) is 6.27. The van der Waals surface area contributed by atoms with E-state index < -0.39 is 0 Å². The summed E-state index contributed by atoms with van der Waals surface area (Å²) < 4.78 is 5.22. The van der Waals surface area contributed by atoms with Crippen LogP contribution in [0, 0.1) is 0 Å². The maximum atomic E-state index is 12.5. The van der Waals surface area contributed by atoms with Gasteiger partial charge in [-0.3, -0.25) is 14.5 Å². The summed E-state index contributed by atoms with van der Waals surface area (Å²) in [5, 5.41) is 5.73. The second kappa shape index (κ2) is 8.49. The molecule has 0 unspecified atom stereocenters. The number of nitrogens with one attached hydrogen (secondary N) is 2. The van der Waals surface area contributed by atoms with Gasteiger partial charge in [-0.15, -0.1) is 0 Å². The lowest BCUT2D eigenvalue weighted by Crippen LogP contribution is -2.30. The maximum Gasteiger partial charge on any atom is 0.259 e. The highest BCUT2D eigenvalue weighted by Crippen LogP contribution is 2.21. The summed E-state index contributed by atoms with van der Waals surface area (Å²) in [5.74, 6) is 0.211. The van der Waals surface area contributed by atoms with Crippen molar-refractivity contribution < 1.29 is 14.3 Å². The summed E-state index contributed by atoms with van der Waals surface area (Å²) in [6.45, 7) is 2.35. The van der Waals surface area contributed by atoms with Gasteiger partial charge < -0.3 is 15.4 Å². The fourth-order valence-corrected chi connectivity index (χ4v) is 3.05. The summed E-state index contributed by atoms with van der Waals surface area (Å²) in [4.78, 5) is 26.8. The molecule has 6 heteroatoms. The summed E-state index contributed by atoms with van der Waals surface area (Å²) in [6, 6.07) is 14.2. The summed E-state index contributed by atoms with van der Waals surface area (Å²) in [7, 11) is 1.53. The smallest absolute Gasteiger partial charge is 0.259 e. The van der Waals surface area contributed by atoms with E-state index in [1.54, 1.807) is 42.5 Å². The van der Waals surface area contributed by atoms with Gasteiger partial charge in [-0.1, -0.05) is 18.2 Å². The number of amides is 2. The van der Waals surface area contributed by atoms with Crippen molar-refractivity contribution in [3.8, 4) is 5.75 Å². The molecule has 2 aromatic rings. The molecule has 1 heterocycles. The lowest BCUT2D eigenvalue weighted by molar-refractivity contribution is -0.117. The van der Waals surface area contributed by atoms with E-state index in [-0.39, 0.29) is 11.8 Å². The summed E-state index contributed by atoms with van der Waals surface area (Å²) in [5.41, 5.74) is 1.73. The Morgan fingerprint density at radius 2 is 1.69 bits per heavy atom. The molecule has 2 N–H and O–H groups in total. The van der Waals surface area contributed by atoms with Crippen molar-refractivity contribution in [2.24, 2.45) is 0 Å². The van der Waals surface area contributed by atoms with Crippen LogP contribution in [-0.2, 0) is 4.79 Å². The Kier molecular flexibility index (Phi) is 5.86. The molecule has 0 radical (unpaired) electrons. The van der Waals surface area contributed by atoms with Crippen molar-refractivity contribution >= 4 is 23.2 Å². The van der Waals surface area contributed by atoms with Crippen molar-refractivity contribution in [3.05, 3.63) is 54.1 Å². The van der Waals surface area contributed by atoms with Crippen molar-refractivity contribution in [3.63, 3.8) is 0 Å². The molecule has 0 atom stereocenters. The first kappa shape index (κ1) is 17.9. The molecular formula is C20H23N3O3. The number of ether oxygens (including phenoxy) is 1. The van der Waals surface area contributed by atoms with Crippen LogP contribution >= 0.6 is 0 Å². The molecule has 0 aliphatic carbocycles. The Morgan fingerprint density at radius 1 is 1.00 bits per heavy atom. The first-order valence-corrected chi connectivity index (χ1v) is 8.72. The lowest BCUT2D eigenvalue weighted by atomic mass is 10.2. The molecule has 0 bridgehead atoms. The van der Waals surface area contributed by atoms with Crippen molar-refractivity contribution in [1.29, 1.82) is 0 Å². The number of hydrogen-bond acceptors (Lipinski definition) is 4. The summed E-state index contributed by atoms with van der Waals surface area (Å²) >= 11 is 0. The monoisotopic (exact) mass is 353 g/mol. The molecule has 0 saturated carbocycles. The number of methoxy groups -OCH3 is 1. The van der Waals surface area contributed by atoms with Crippen LogP contribution in [0.2, 0.25) is 0 Å². The molecular weight excluding hydrogens is 330 g/mol. The third-order valence-electron chi connectivity index (χ3n) is 4.32. The highest BCUT2D eigenvalue weighted by atomic mass is 16.5. The minimum atomic E-state index is -0.261. The zero-order valence-electron chi connectivity index (χ0n) is 14.8. The van der Waals surface area contributed by atoms with Crippen LogP contribution in [0.1, 0.15) is 23.2 Å². The highest BCUT2D eigenvalue weighted by molar-refractivity contribution is 6.06. The van der Waals surface area contributed by atoms with Crippen molar-refractivity contribution in [2.45, 2.75) is 12.8 Å². The topological polar surface area (TPSA) is 70.7 Å². The molecule has 2 aromatic carbocycles. The van der Waals surface area contributed by atoms with Crippen LogP contribution in [0.3, 0.4) is 0 Å². The van der Waals surface area contributed by atoms with Crippen LogP contribution in [0.4, 0.5) is 11.4 Å². The Labute approximate surface area is 153 Å². The Morgan fingerprint density at radius 3 is 2.42 bits per heavy atom. The quantitative estimate of drug-likeness (QED) is 0.838. The summed E-state index contributed by atoms with van der Waals surface area (Å²) in [6.07, 6.45) is 2.30. The average molecular weight is 353 g/mol. The van der Waals surface area contributed by atoms with Crippen LogP contribution in [-0.4, -0.2) is 43.5 Å². The van der Waals surface area contributed by atoms with E-state index in [9.17, 15) is 9.59 Å². The van der Waals surface area contributed by atoms with E-state index in [2.05, 4.69) is 15.5 Å². The van der Waals surface area contributed by atoms with Crippen LogP contribution in [0.25, 0.3) is 0 Å². The van der Waals surface area contributed by atoms with E-state index in [1.165, 1.54) is 7.11 Å². The van der Waals surface area contributed by atoms with E-state index in [0.717, 1.165) is 25.9 Å². The molecule has 0 spiro atoms. The van der Waals surface area contributed by atoms with E-state index in [1.807, 2.05) is 6.07 Å². The zero-order valence-corrected chi connectivity index (χ0v) is 14.8. The minimum Gasteiger partial charge on any atom is -0.496 e. The highest BCUT2D eigenvalue weighted by Gasteiger charge is 2.15. The standard InChI is InChI=1S/C20H23N3O3/c1-26-18-10-3-2-9-17(18)20(25)22-16-8-6-7-15(13-16)21-19(24)14-23-11-4-5-12-23/h2-3,6-10,13H,4-5,11-12,14H2,1H3,(H,21,24)(H,22,25). The van der Waals surface area contributed by atoms with Crippen LogP contribution < -0.4 is 15.4 Å². The number of nitrogens with zero attached hydrogens (tertiary/aromatic N) is 1. The van der Waals surface area contributed by atoms with Crippen molar-refractivity contribution in [1.82, 2.24) is 4.90 Å². The molecule has 1 aliphatic rings. The van der Waals surface area contributed by atoms with E-state index >= 15 is 0 Å². The van der Waals surface area contributed by atoms with Gasteiger partial charge in [0.25, 0.3) is 5.91 Å². The molecule has 0 aromatic heterocycles. The Bertz CT molecular complexity index is 785. The van der Waals surface area contributed by atoms with Gasteiger partial charge in [0.2, 0.25) is 5.91 Å². The normalized spacial score (nSPS) is 14.0. The maximum absolute atomic E-state index is 12.5. The number of benzene rings is 2. The number of carbonyl (C=O) groups excluding carboxylic acids is 2. The zero-order chi connectivity index (χ0) is 18.4. The minimum absolute atomic E-state index is 0.0416. The van der Waals surface area contributed by atoms with Crippen LogP contribution in [0.5, 0.6) is 5.75 Å². The molecule has 6 nitrogen and oxygen atoms in total. The molecule has 1 fully saturated rings. The average Bonchev–Trinajstić information content (AvgIpc) is 3.14. The number of hydrogen-bond donors (Lipinski definition) is 2. The van der Waals surface area contributed by atoms with E-state index in [0.29, 0.717) is 29.2 Å². The van der Waals surface area contributed by atoms with Gasteiger partial charge in [-0.05, 0) is 56.3 Å². The number of anilines is 2. The first-order valence-electron chi connectivity index (χ1n) is 8.72. The molecule has 3 rings (SSSR count). The number of carbonyl (C=O) groups is 2. The van der Waals surface area contributed by atoms with Crippen LogP contribution in [0.15, 0.2) is 48.5 Å². The van der Waals surface area contributed by atoms with Gasteiger partial charge >= 0.3 is 0 Å². The van der Waals surface area contributed by atoms with Gasteiger partial charge in [0.15, 0.2) is 0 Å². The fraction of sp³-hybridized carbons (Fsp3) is 0.300. The first-order chi connectivity index (χ1) is 12.7. The molecule has 26 heavy (non-hydrogen) atoms. The Balaban J connectivity index is 1.63. The molecule has 136 valence electrons. The number of likely N-dealkylation sites (tertiary alicyclic amines) is 1. The van der Waals surface area contributed by atoms with Gasteiger partial charge in [0.1, 0.15) is 5.75 Å². The molecule has 1 saturated heterocycles. The Hall–Kier alpha value is -2.86. The largest absolute Gasteiger partial charge is 0.496 e. The van der Waals surface area contributed by atoms with Gasteiger partial charge in [-0.25, -0.2) is 0 Å². The predicted molar refractivity (Wildman–Crippen MR) is 102 cm³/mol. The lowest BCUT2D eigenvalue weighted by Gasteiger charge is -2.14. The van der Waals surface area contributed by atoms with Gasteiger partial charge in [-0.2, -0.15) is 0 Å². The fourth-order valence-electron chi connectivity index (χ4n) is 3.05. The van der Waals surface area contributed by atoms with Gasteiger partial charge in [0, 0.05) is 11.4 Å². The van der Waals surface area contributed by atoms with E-state index in [4.69, 9.17) is 4.74 Å². The second-order valence-electron chi connectivity index (χ2n) is 6.27. The SMILES string of the molecule is COc1ccccc1C(=O)Nc1cccc(NC(=O)CN2CCCC2)c1. The number of para-hydroxylation sites is 1. The predicted octanol–water partition coefficient (Wildman–Crippen LogP) is 2.98. The van der Waals surface area contributed by atoms with Crippen molar-refractivity contribution in [2.75, 3.05) is 37.4 Å². The molecule has 2 amide bonds. The number of rotatable bonds is 6. The van der Waals surface area contributed by atoms with Gasteiger partial charge in [0.05, 0.1) is 19.2 Å². The molecule has 1 aliphatic heterocycles. The third kappa shape index (κ3) is 4.61.